The molecule has 1 unspecified atom stereocenters. The van der Waals surface area contributed by atoms with Gasteiger partial charge in [0.05, 0.1) is 5.02 Å². The van der Waals surface area contributed by atoms with Gasteiger partial charge in [0, 0.05) is 0 Å². The van der Waals surface area contributed by atoms with Gasteiger partial charge in [-0.1, -0.05) is 29.7 Å². The zero-order valence-corrected chi connectivity index (χ0v) is 9.55. The minimum atomic E-state index is -3.88. The van der Waals surface area contributed by atoms with Crippen LogP contribution in [0.3, 0.4) is 0 Å². The van der Waals surface area contributed by atoms with Crippen LogP contribution in [-0.2, 0) is 14.3 Å². The predicted octanol–water partition coefficient (Wildman–Crippen LogP) is 2.07. The molecular formula is C10H9ClO3S. The van der Waals surface area contributed by atoms with Crippen LogP contribution in [0.5, 0.6) is 0 Å². The van der Waals surface area contributed by atoms with Crippen LogP contribution in [0, 0.1) is 12.3 Å². The van der Waals surface area contributed by atoms with Crippen LogP contribution in [0.4, 0.5) is 0 Å². The Morgan fingerprint density at radius 2 is 2.07 bits per heavy atom. The average Bonchev–Trinajstić information content (AvgIpc) is 2.17. The van der Waals surface area contributed by atoms with E-state index in [-0.39, 0.29) is 9.92 Å². The number of halogens is 1. The minimum Gasteiger partial charge on any atom is -0.250 e. The van der Waals surface area contributed by atoms with Crippen molar-refractivity contribution < 1.29 is 12.6 Å². The summed E-state index contributed by atoms with van der Waals surface area (Å²) in [6.45, 7) is 1.47. The van der Waals surface area contributed by atoms with Crippen LogP contribution in [0.15, 0.2) is 29.2 Å². The van der Waals surface area contributed by atoms with Crippen molar-refractivity contribution >= 4 is 21.7 Å². The Morgan fingerprint density at radius 1 is 1.47 bits per heavy atom. The van der Waals surface area contributed by atoms with Crippen molar-refractivity contribution in [3.8, 4) is 12.3 Å². The van der Waals surface area contributed by atoms with Crippen molar-refractivity contribution in [2.45, 2.75) is 17.9 Å². The molecular weight excluding hydrogens is 236 g/mol. The summed E-state index contributed by atoms with van der Waals surface area (Å²) in [4.78, 5) is -0.0752. The smallest absolute Gasteiger partial charge is 0.250 e. The average molecular weight is 245 g/mol. The van der Waals surface area contributed by atoms with Gasteiger partial charge in [-0.15, -0.1) is 6.42 Å². The molecule has 3 nitrogen and oxygen atoms in total. The molecule has 0 saturated carbocycles. The monoisotopic (exact) mass is 244 g/mol. The SMILES string of the molecule is C#CC(C)OS(=O)(=O)c1ccccc1Cl. The Labute approximate surface area is 94.1 Å². The highest BCUT2D eigenvalue weighted by Gasteiger charge is 2.20. The largest absolute Gasteiger partial charge is 0.299 e. The fraction of sp³-hybridized carbons (Fsp3) is 0.200. The van der Waals surface area contributed by atoms with E-state index in [2.05, 4.69) is 5.92 Å². The zero-order chi connectivity index (χ0) is 11.5. The van der Waals surface area contributed by atoms with E-state index >= 15 is 0 Å². The molecule has 5 heteroatoms. The molecule has 0 aliphatic rings. The molecule has 80 valence electrons. The molecule has 0 radical (unpaired) electrons. The molecule has 0 N–H and O–H groups in total. The van der Waals surface area contributed by atoms with Crippen molar-refractivity contribution in [2.24, 2.45) is 0 Å². The molecule has 15 heavy (non-hydrogen) atoms. The summed E-state index contributed by atoms with van der Waals surface area (Å²) in [5.74, 6) is 2.17. The van der Waals surface area contributed by atoms with Gasteiger partial charge in [0.1, 0.15) is 11.0 Å². The molecule has 0 aliphatic carbocycles. The normalized spacial score (nSPS) is 13.1. The fourth-order valence-electron chi connectivity index (χ4n) is 0.917. The Balaban J connectivity index is 3.09. The van der Waals surface area contributed by atoms with Gasteiger partial charge >= 0.3 is 0 Å². The second-order valence-corrected chi connectivity index (χ2v) is 4.74. The van der Waals surface area contributed by atoms with E-state index in [0.717, 1.165) is 0 Å². The number of benzene rings is 1. The Morgan fingerprint density at radius 3 is 2.60 bits per heavy atom. The molecule has 0 spiro atoms. The van der Waals surface area contributed by atoms with E-state index in [0.29, 0.717) is 0 Å². The third-order valence-electron chi connectivity index (χ3n) is 1.61. The fourth-order valence-corrected chi connectivity index (χ4v) is 2.43. The molecule has 1 aromatic carbocycles. The van der Waals surface area contributed by atoms with Crippen molar-refractivity contribution in [1.29, 1.82) is 0 Å². The topological polar surface area (TPSA) is 43.4 Å². The third-order valence-corrected chi connectivity index (χ3v) is 3.49. The maximum absolute atomic E-state index is 11.6. The van der Waals surface area contributed by atoms with E-state index in [9.17, 15) is 8.42 Å². The van der Waals surface area contributed by atoms with Crippen LogP contribution in [-0.4, -0.2) is 14.5 Å². The van der Waals surface area contributed by atoms with Gasteiger partial charge in [-0.3, -0.25) is 4.18 Å². The second kappa shape index (κ2) is 4.67. The Hall–Kier alpha value is -1.02. The number of terminal acetylenes is 1. The molecule has 0 aliphatic heterocycles. The van der Waals surface area contributed by atoms with Gasteiger partial charge in [-0.05, 0) is 19.1 Å². The van der Waals surface area contributed by atoms with Gasteiger partial charge < -0.3 is 0 Å². The van der Waals surface area contributed by atoms with Crippen LogP contribution < -0.4 is 0 Å². The van der Waals surface area contributed by atoms with Crippen molar-refractivity contribution in [1.82, 2.24) is 0 Å². The maximum Gasteiger partial charge on any atom is 0.299 e. The van der Waals surface area contributed by atoms with Crippen LogP contribution >= 0.6 is 11.6 Å². The molecule has 1 aromatic rings. The summed E-state index contributed by atoms with van der Waals surface area (Å²) in [5, 5.41) is 0.113. The van der Waals surface area contributed by atoms with Crippen LogP contribution in [0.1, 0.15) is 6.92 Å². The highest BCUT2D eigenvalue weighted by Crippen LogP contribution is 2.22. The third kappa shape index (κ3) is 2.96. The van der Waals surface area contributed by atoms with E-state index < -0.39 is 16.2 Å². The first-order valence-corrected chi connectivity index (χ1v) is 5.90. The summed E-state index contributed by atoms with van der Waals surface area (Å²) >= 11 is 5.72. The van der Waals surface area contributed by atoms with Crippen molar-refractivity contribution in [3.05, 3.63) is 29.3 Å². The van der Waals surface area contributed by atoms with Gasteiger partial charge in [0.15, 0.2) is 0 Å². The summed E-state index contributed by atoms with van der Waals surface area (Å²) in [5.41, 5.74) is 0. The highest BCUT2D eigenvalue weighted by atomic mass is 35.5. The number of rotatable bonds is 3. The molecule has 1 atom stereocenters. The second-order valence-electron chi connectivity index (χ2n) is 2.79. The predicted molar refractivity (Wildman–Crippen MR) is 58.0 cm³/mol. The van der Waals surface area contributed by atoms with Crippen LogP contribution in [0.25, 0.3) is 0 Å². The molecule has 0 saturated heterocycles. The standard InChI is InChI=1S/C10H9ClO3S/c1-3-8(2)14-15(12,13)10-7-5-4-6-9(10)11/h1,4-8H,2H3. The summed E-state index contributed by atoms with van der Waals surface area (Å²) in [6.07, 6.45) is 4.21. The summed E-state index contributed by atoms with van der Waals surface area (Å²) < 4.78 is 27.9. The van der Waals surface area contributed by atoms with Gasteiger partial charge in [-0.2, -0.15) is 8.42 Å². The molecule has 0 fully saturated rings. The highest BCUT2D eigenvalue weighted by molar-refractivity contribution is 7.87. The van der Waals surface area contributed by atoms with Gasteiger partial charge in [0.25, 0.3) is 10.1 Å². The minimum absolute atomic E-state index is 0.0752. The zero-order valence-electron chi connectivity index (χ0n) is 7.98. The van der Waals surface area contributed by atoms with Crippen LogP contribution in [0.2, 0.25) is 5.02 Å². The molecule has 1 rings (SSSR count). The lowest BCUT2D eigenvalue weighted by molar-refractivity contribution is 0.283. The number of hydrogen-bond acceptors (Lipinski definition) is 3. The van der Waals surface area contributed by atoms with E-state index in [1.54, 1.807) is 12.1 Å². The maximum atomic E-state index is 11.6. The van der Waals surface area contributed by atoms with E-state index in [4.69, 9.17) is 22.2 Å². The first kappa shape index (κ1) is 12.1. The molecule has 0 amide bonds. The quantitative estimate of drug-likeness (QED) is 0.604. The van der Waals surface area contributed by atoms with Crippen molar-refractivity contribution in [2.75, 3.05) is 0 Å². The molecule has 0 heterocycles. The number of hydrogen-bond donors (Lipinski definition) is 0. The first-order valence-electron chi connectivity index (χ1n) is 4.11. The summed E-state index contributed by atoms with van der Waals surface area (Å²) in [6, 6.07) is 6.02. The molecule has 0 bridgehead atoms. The van der Waals surface area contributed by atoms with Gasteiger partial charge in [0.2, 0.25) is 0 Å². The van der Waals surface area contributed by atoms with Crippen molar-refractivity contribution in [3.63, 3.8) is 0 Å². The Bertz CT molecular complexity index is 488. The summed E-state index contributed by atoms with van der Waals surface area (Å²) in [7, 11) is -3.88. The lowest BCUT2D eigenvalue weighted by atomic mass is 10.4. The lowest BCUT2D eigenvalue weighted by Gasteiger charge is -2.08. The molecule has 0 aromatic heterocycles. The lowest BCUT2D eigenvalue weighted by Crippen LogP contribution is -2.14. The van der Waals surface area contributed by atoms with Gasteiger partial charge in [-0.25, -0.2) is 0 Å². The Kier molecular flexibility index (Phi) is 3.75. The van der Waals surface area contributed by atoms with E-state index in [1.165, 1.54) is 19.1 Å². The first-order chi connectivity index (χ1) is 6.97. The van der Waals surface area contributed by atoms with E-state index in [1.807, 2.05) is 0 Å².